The summed E-state index contributed by atoms with van der Waals surface area (Å²) >= 11 is 0. The van der Waals surface area contributed by atoms with Gasteiger partial charge in [0.2, 0.25) is 0 Å². The second-order valence-corrected chi connectivity index (χ2v) is 1.95. The molecule has 1 unspecified atom stereocenters. The molecule has 1 atom stereocenters. The summed E-state index contributed by atoms with van der Waals surface area (Å²) in [5, 5.41) is 7.78. The van der Waals surface area contributed by atoms with Gasteiger partial charge in [-0.25, -0.2) is 4.79 Å². The summed E-state index contributed by atoms with van der Waals surface area (Å²) < 4.78 is 50.7. The minimum Gasteiger partial charge on any atom is -0.450 e. The van der Waals surface area contributed by atoms with E-state index < -0.39 is 24.6 Å². The average molecular weight is 190 g/mol. The number of hydrogen-bond donors (Lipinski definition) is 1. The SMILES string of the molecule is CCC(F)(OC(=O)O)C(F)(F)F. The van der Waals surface area contributed by atoms with Crippen molar-refractivity contribution < 1.29 is 32.2 Å². The molecule has 0 bridgehead atoms. The maximum Gasteiger partial charge on any atom is 0.508 e. The molecular weight excluding hydrogens is 184 g/mol. The Morgan fingerprint density at radius 3 is 1.92 bits per heavy atom. The normalized spacial score (nSPS) is 16.8. The van der Waals surface area contributed by atoms with Gasteiger partial charge in [-0.15, -0.1) is 0 Å². The smallest absolute Gasteiger partial charge is 0.450 e. The minimum atomic E-state index is -5.33. The quantitative estimate of drug-likeness (QED) is 0.536. The van der Waals surface area contributed by atoms with Crippen LogP contribution in [0.4, 0.5) is 22.4 Å². The fourth-order valence-corrected chi connectivity index (χ4v) is 0.469. The molecule has 72 valence electrons. The Hall–Kier alpha value is -1.01. The molecule has 0 aliphatic carbocycles. The van der Waals surface area contributed by atoms with Crippen LogP contribution in [0.2, 0.25) is 0 Å². The molecule has 0 aromatic rings. The highest BCUT2D eigenvalue weighted by Crippen LogP contribution is 2.37. The van der Waals surface area contributed by atoms with Crippen LogP contribution in [0.15, 0.2) is 0 Å². The molecule has 3 nitrogen and oxygen atoms in total. The number of ether oxygens (including phenoxy) is 1. The molecule has 0 saturated carbocycles. The second kappa shape index (κ2) is 3.16. The predicted octanol–water partition coefficient (Wildman–Crippen LogP) is 2.32. The summed E-state index contributed by atoms with van der Waals surface area (Å²) in [6, 6.07) is 0. The zero-order valence-corrected chi connectivity index (χ0v) is 5.98. The predicted molar refractivity (Wildman–Crippen MR) is 29.3 cm³/mol. The first-order chi connectivity index (χ1) is 5.23. The van der Waals surface area contributed by atoms with Gasteiger partial charge in [0, 0.05) is 6.42 Å². The zero-order valence-electron chi connectivity index (χ0n) is 5.98. The van der Waals surface area contributed by atoms with E-state index in [9.17, 15) is 22.4 Å². The second-order valence-electron chi connectivity index (χ2n) is 1.95. The van der Waals surface area contributed by atoms with Crippen molar-refractivity contribution in [2.24, 2.45) is 0 Å². The number of halogens is 4. The first-order valence-corrected chi connectivity index (χ1v) is 2.90. The van der Waals surface area contributed by atoms with E-state index in [2.05, 4.69) is 4.74 Å². The largest absolute Gasteiger partial charge is 0.508 e. The van der Waals surface area contributed by atoms with Crippen molar-refractivity contribution >= 4 is 6.16 Å². The molecule has 0 saturated heterocycles. The third-order valence-corrected chi connectivity index (χ3v) is 1.13. The van der Waals surface area contributed by atoms with E-state index in [1.54, 1.807) is 0 Å². The van der Waals surface area contributed by atoms with Crippen molar-refractivity contribution in [3.63, 3.8) is 0 Å². The van der Waals surface area contributed by atoms with Crippen LogP contribution in [0.3, 0.4) is 0 Å². The molecule has 0 rings (SSSR count). The van der Waals surface area contributed by atoms with Crippen LogP contribution in [0, 0.1) is 0 Å². The van der Waals surface area contributed by atoms with Gasteiger partial charge < -0.3 is 9.84 Å². The lowest BCUT2D eigenvalue weighted by atomic mass is 10.2. The van der Waals surface area contributed by atoms with Crippen LogP contribution in [-0.2, 0) is 4.74 Å². The monoisotopic (exact) mass is 190 g/mol. The van der Waals surface area contributed by atoms with Crippen molar-refractivity contribution in [3.8, 4) is 0 Å². The molecule has 0 heterocycles. The number of carboxylic acid groups (broad SMARTS) is 1. The Bertz CT molecular complexity index is 178. The van der Waals surface area contributed by atoms with Crippen LogP contribution in [0.5, 0.6) is 0 Å². The fourth-order valence-electron chi connectivity index (χ4n) is 0.469. The lowest BCUT2D eigenvalue weighted by Crippen LogP contribution is -2.44. The van der Waals surface area contributed by atoms with Gasteiger partial charge in [-0.1, -0.05) is 6.92 Å². The standard InChI is InChI=1S/C5H6F4O3/c1-2-4(6,5(7,8)9)12-3(10)11/h2H2,1H3,(H,10,11). The Morgan fingerprint density at radius 1 is 1.42 bits per heavy atom. The van der Waals surface area contributed by atoms with E-state index in [1.165, 1.54) is 0 Å². The van der Waals surface area contributed by atoms with Crippen LogP contribution in [0.1, 0.15) is 13.3 Å². The van der Waals surface area contributed by atoms with Gasteiger partial charge in [-0.3, -0.25) is 0 Å². The number of hydrogen-bond acceptors (Lipinski definition) is 2. The minimum absolute atomic E-state index is 0.830. The molecule has 0 aliphatic heterocycles. The molecule has 1 N–H and O–H groups in total. The van der Waals surface area contributed by atoms with Crippen LogP contribution in [0.25, 0.3) is 0 Å². The van der Waals surface area contributed by atoms with Crippen molar-refractivity contribution in [2.45, 2.75) is 25.4 Å². The fraction of sp³-hybridized carbons (Fsp3) is 0.800. The van der Waals surface area contributed by atoms with Crippen LogP contribution < -0.4 is 0 Å². The van der Waals surface area contributed by atoms with Gasteiger partial charge in [0.05, 0.1) is 0 Å². The Morgan fingerprint density at radius 2 is 1.83 bits per heavy atom. The lowest BCUT2D eigenvalue weighted by Gasteiger charge is -2.24. The van der Waals surface area contributed by atoms with Gasteiger partial charge >= 0.3 is 18.2 Å². The topological polar surface area (TPSA) is 46.5 Å². The van der Waals surface area contributed by atoms with Gasteiger partial charge in [-0.2, -0.15) is 17.6 Å². The molecule has 0 spiro atoms. The molecule has 0 aromatic carbocycles. The molecule has 12 heavy (non-hydrogen) atoms. The number of alkyl halides is 4. The summed E-state index contributed by atoms with van der Waals surface area (Å²) in [6.07, 6.45) is -8.74. The maximum absolute atomic E-state index is 12.6. The highest BCUT2D eigenvalue weighted by Gasteiger charge is 2.58. The summed E-state index contributed by atoms with van der Waals surface area (Å²) in [7, 11) is 0. The molecular formula is C5H6F4O3. The molecule has 0 aliphatic rings. The molecule has 0 aromatic heterocycles. The van der Waals surface area contributed by atoms with Crippen LogP contribution >= 0.6 is 0 Å². The Balaban J connectivity index is 4.56. The van der Waals surface area contributed by atoms with Gasteiger partial charge in [0.1, 0.15) is 0 Å². The maximum atomic E-state index is 12.6. The summed E-state index contributed by atoms with van der Waals surface area (Å²) in [4.78, 5) is 9.66. The Labute approximate surface area is 64.9 Å². The van der Waals surface area contributed by atoms with E-state index in [-0.39, 0.29) is 0 Å². The molecule has 0 radical (unpaired) electrons. The number of rotatable bonds is 2. The van der Waals surface area contributed by atoms with Gasteiger partial charge in [-0.05, 0) is 0 Å². The van der Waals surface area contributed by atoms with Crippen molar-refractivity contribution in [2.75, 3.05) is 0 Å². The van der Waals surface area contributed by atoms with E-state index in [0.717, 1.165) is 6.92 Å². The van der Waals surface area contributed by atoms with Crippen molar-refractivity contribution in [3.05, 3.63) is 0 Å². The van der Waals surface area contributed by atoms with E-state index in [4.69, 9.17) is 5.11 Å². The summed E-state index contributed by atoms with van der Waals surface area (Å²) in [5.41, 5.74) is 0. The third-order valence-electron chi connectivity index (χ3n) is 1.13. The van der Waals surface area contributed by atoms with Crippen LogP contribution in [-0.4, -0.2) is 23.3 Å². The van der Waals surface area contributed by atoms with Gasteiger partial charge in [0.15, 0.2) is 0 Å². The van der Waals surface area contributed by atoms with Gasteiger partial charge in [0.25, 0.3) is 0 Å². The summed E-state index contributed by atoms with van der Waals surface area (Å²) in [5.74, 6) is -4.10. The molecule has 7 heteroatoms. The van der Waals surface area contributed by atoms with Crippen molar-refractivity contribution in [1.29, 1.82) is 0 Å². The average Bonchev–Trinajstić information content (AvgIpc) is 1.83. The summed E-state index contributed by atoms with van der Waals surface area (Å²) in [6.45, 7) is 0.830. The first kappa shape index (κ1) is 11.0. The molecule has 0 fully saturated rings. The third kappa shape index (κ3) is 2.24. The first-order valence-electron chi connectivity index (χ1n) is 2.90. The van der Waals surface area contributed by atoms with E-state index in [0.29, 0.717) is 0 Å². The van der Waals surface area contributed by atoms with E-state index in [1.807, 2.05) is 0 Å². The lowest BCUT2D eigenvalue weighted by molar-refractivity contribution is -0.316. The van der Waals surface area contributed by atoms with Crippen molar-refractivity contribution in [1.82, 2.24) is 0 Å². The number of carbonyl (C=O) groups is 1. The zero-order chi connectivity index (χ0) is 9.99. The van der Waals surface area contributed by atoms with E-state index >= 15 is 0 Å². The Kier molecular flexibility index (Phi) is 2.89. The highest BCUT2D eigenvalue weighted by molar-refractivity contribution is 5.57. The molecule has 0 amide bonds. The highest BCUT2D eigenvalue weighted by atomic mass is 19.4.